The lowest BCUT2D eigenvalue weighted by molar-refractivity contribution is -0.703. The van der Waals surface area contributed by atoms with Gasteiger partial charge in [-0.1, -0.05) is 0 Å². The Bertz CT molecular complexity index is 442. The summed E-state index contributed by atoms with van der Waals surface area (Å²) in [6.45, 7) is -0.0557. The lowest BCUT2D eigenvalue weighted by Crippen LogP contribution is -2.40. The fourth-order valence-electron chi connectivity index (χ4n) is 1.32. The predicted octanol–water partition coefficient (Wildman–Crippen LogP) is -1.58. The van der Waals surface area contributed by atoms with Crippen LogP contribution in [0.15, 0.2) is 24.5 Å². The quantitative estimate of drug-likeness (QED) is 0.475. The van der Waals surface area contributed by atoms with E-state index in [-0.39, 0.29) is 19.6 Å². The zero-order chi connectivity index (χ0) is 12.9. The van der Waals surface area contributed by atoms with Crippen LogP contribution in [0.1, 0.15) is 5.56 Å². The number of hydrogen-bond donors (Lipinski definition) is 2. The first-order valence-electron chi connectivity index (χ1n) is 5.11. The molecule has 0 saturated heterocycles. The first kappa shape index (κ1) is 14.0. The molecule has 96 valence electrons. The minimum absolute atomic E-state index is 0.176. The Morgan fingerprint density at radius 2 is 1.94 bits per heavy atom. The third-order valence-electron chi connectivity index (χ3n) is 2.23. The van der Waals surface area contributed by atoms with E-state index in [0.717, 1.165) is 5.56 Å². The summed E-state index contributed by atoms with van der Waals surface area (Å²) >= 11 is 0. The minimum Gasteiger partial charge on any atom is -0.748 e. The molecule has 0 fully saturated rings. The van der Waals surface area contributed by atoms with Gasteiger partial charge < -0.3 is 14.8 Å². The van der Waals surface area contributed by atoms with Crippen molar-refractivity contribution in [2.45, 2.75) is 19.1 Å². The van der Waals surface area contributed by atoms with Crippen LogP contribution in [0, 0.1) is 0 Å². The maximum atomic E-state index is 10.4. The molecule has 0 saturated carbocycles. The second-order valence-corrected chi connectivity index (χ2v) is 5.27. The Morgan fingerprint density at radius 3 is 2.41 bits per heavy atom. The van der Waals surface area contributed by atoms with Crippen molar-refractivity contribution in [3.05, 3.63) is 30.1 Å². The lowest BCUT2D eigenvalue weighted by atomic mass is 10.2. The van der Waals surface area contributed by atoms with Crippen molar-refractivity contribution in [2.75, 3.05) is 12.4 Å². The summed E-state index contributed by atoms with van der Waals surface area (Å²) < 4.78 is 33.0. The molecule has 0 spiro atoms. The first-order chi connectivity index (χ1) is 7.90. The van der Waals surface area contributed by atoms with E-state index in [0.29, 0.717) is 0 Å². The first-order valence-corrected chi connectivity index (χ1v) is 6.69. The van der Waals surface area contributed by atoms with Crippen LogP contribution in [-0.2, 0) is 23.1 Å². The zero-order valence-corrected chi connectivity index (χ0v) is 10.0. The van der Waals surface area contributed by atoms with Crippen LogP contribution in [0.3, 0.4) is 0 Å². The summed E-state index contributed by atoms with van der Waals surface area (Å²) in [6.07, 6.45) is 2.67. The van der Waals surface area contributed by atoms with Crippen molar-refractivity contribution in [3.8, 4) is 0 Å². The van der Waals surface area contributed by atoms with Crippen molar-refractivity contribution < 1.29 is 27.8 Å². The van der Waals surface area contributed by atoms with Crippen molar-refractivity contribution in [2.24, 2.45) is 0 Å². The van der Waals surface area contributed by atoms with Crippen LogP contribution in [0.25, 0.3) is 0 Å². The number of nitrogens with zero attached hydrogens (tertiary/aromatic N) is 1. The van der Waals surface area contributed by atoms with E-state index in [4.69, 9.17) is 5.11 Å². The van der Waals surface area contributed by atoms with Gasteiger partial charge in [-0.25, -0.2) is 13.0 Å². The van der Waals surface area contributed by atoms with Crippen LogP contribution in [0.4, 0.5) is 0 Å². The maximum Gasteiger partial charge on any atom is 0.176 e. The minimum atomic E-state index is -4.19. The second-order valence-electron chi connectivity index (χ2n) is 3.75. The average molecular weight is 261 g/mol. The van der Waals surface area contributed by atoms with Gasteiger partial charge in [0, 0.05) is 17.9 Å². The molecule has 0 aliphatic carbocycles. The molecule has 0 aromatic carbocycles. The van der Waals surface area contributed by atoms with E-state index < -0.39 is 22.0 Å². The standard InChI is InChI=1S/C10H15NO5S/c12-8-10(13)7-11-4-1-9(2-5-11)3-6-17(14,15)16/h1-2,4-5,10,12-13H,3,6-8H2. The Hall–Kier alpha value is -1.02. The molecule has 0 radical (unpaired) electrons. The van der Waals surface area contributed by atoms with Crippen molar-refractivity contribution in [3.63, 3.8) is 0 Å². The van der Waals surface area contributed by atoms with E-state index in [1.54, 1.807) is 29.1 Å². The molecule has 1 unspecified atom stereocenters. The summed E-state index contributed by atoms with van der Waals surface area (Å²) in [5.74, 6) is -0.420. The molecule has 0 aliphatic rings. The fraction of sp³-hybridized carbons (Fsp3) is 0.500. The van der Waals surface area contributed by atoms with Gasteiger partial charge in [0.2, 0.25) is 0 Å². The van der Waals surface area contributed by atoms with Crippen molar-refractivity contribution >= 4 is 10.1 Å². The number of hydrogen-bond acceptors (Lipinski definition) is 5. The highest BCUT2D eigenvalue weighted by molar-refractivity contribution is 7.85. The van der Waals surface area contributed by atoms with Crippen LogP contribution in [0.5, 0.6) is 0 Å². The maximum absolute atomic E-state index is 10.4. The Labute approximate surface area is 99.9 Å². The molecule has 0 amide bonds. The van der Waals surface area contributed by atoms with Gasteiger partial charge in [0.15, 0.2) is 18.9 Å². The largest absolute Gasteiger partial charge is 0.748 e. The number of pyridine rings is 1. The molecule has 6 nitrogen and oxygen atoms in total. The van der Waals surface area contributed by atoms with Gasteiger partial charge in [-0.2, -0.15) is 0 Å². The molecule has 1 atom stereocenters. The Morgan fingerprint density at radius 1 is 1.35 bits per heavy atom. The van der Waals surface area contributed by atoms with Crippen LogP contribution in [0.2, 0.25) is 0 Å². The molecule has 2 N–H and O–H groups in total. The molecule has 7 heteroatoms. The molecule has 1 aromatic rings. The Kier molecular flexibility index (Phi) is 5.01. The molecule has 1 aromatic heterocycles. The average Bonchev–Trinajstić information content (AvgIpc) is 2.27. The highest BCUT2D eigenvalue weighted by Gasteiger charge is 2.09. The van der Waals surface area contributed by atoms with Gasteiger partial charge in [0.05, 0.1) is 16.7 Å². The predicted molar refractivity (Wildman–Crippen MR) is 58.0 cm³/mol. The summed E-state index contributed by atoms with van der Waals surface area (Å²) in [5.41, 5.74) is 0.735. The van der Waals surface area contributed by atoms with Gasteiger partial charge in [0.25, 0.3) is 0 Å². The third-order valence-corrected chi connectivity index (χ3v) is 2.94. The van der Waals surface area contributed by atoms with Crippen LogP contribution in [-0.4, -0.2) is 41.6 Å². The van der Waals surface area contributed by atoms with Crippen LogP contribution < -0.4 is 4.57 Å². The normalized spacial score (nSPS) is 13.6. The summed E-state index contributed by atoms with van der Waals surface area (Å²) in [4.78, 5) is 0. The molecule has 0 bridgehead atoms. The summed E-state index contributed by atoms with van der Waals surface area (Å²) in [7, 11) is -4.19. The number of aliphatic hydroxyl groups excluding tert-OH is 2. The van der Waals surface area contributed by atoms with Crippen LogP contribution >= 0.6 is 0 Å². The van der Waals surface area contributed by atoms with Gasteiger partial charge in [0.1, 0.15) is 6.10 Å². The van der Waals surface area contributed by atoms with Crippen molar-refractivity contribution in [1.82, 2.24) is 0 Å². The van der Waals surface area contributed by atoms with Gasteiger partial charge in [-0.3, -0.25) is 0 Å². The number of aryl methyl sites for hydroxylation is 1. The molecule has 17 heavy (non-hydrogen) atoms. The molecular weight excluding hydrogens is 246 g/mol. The smallest absolute Gasteiger partial charge is 0.176 e. The zero-order valence-electron chi connectivity index (χ0n) is 9.19. The number of aromatic nitrogens is 1. The van der Waals surface area contributed by atoms with E-state index >= 15 is 0 Å². The van der Waals surface area contributed by atoms with Gasteiger partial charge in [-0.05, 0) is 12.0 Å². The van der Waals surface area contributed by atoms with Crippen molar-refractivity contribution in [1.29, 1.82) is 0 Å². The summed E-state index contributed by atoms with van der Waals surface area (Å²) in [6, 6.07) is 3.35. The highest BCUT2D eigenvalue weighted by atomic mass is 32.2. The van der Waals surface area contributed by atoms with E-state index in [1.807, 2.05) is 0 Å². The Balaban J connectivity index is 2.56. The highest BCUT2D eigenvalue weighted by Crippen LogP contribution is 1.99. The molecule has 1 rings (SSSR count). The third kappa shape index (κ3) is 5.73. The molecule has 0 aliphatic heterocycles. The molecule has 1 heterocycles. The molecular formula is C10H15NO5S. The fourth-order valence-corrected chi connectivity index (χ4v) is 1.81. The van der Waals surface area contributed by atoms with Gasteiger partial charge in [-0.15, -0.1) is 0 Å². The number of aliphatic hydroxyl groups is 2. The second kappa shape index (κ2) is 6.06. The lowest BCUT2D eigenvalue weighted by Gasteiger charge is -2.06. The number of rotatable bonds is 6. The van der Waals surface area contributed by atoms with E-state index in [1.165, 1.54) is 0 Å². The monoisotopic (exact) mass is 261 g/mol. The topological polar surface area (TPSA) is 102 Å². The SMILES string of the molecule is O=S(=O)([O-])CCc1cc[n+](CC(O)CO)cc1. The van der Waals surface area contributed by atoms with E-state index in [2.05, 4.69) is 0 Å². The van der Waals surface area contributed by atoms with E-state index in [9.17, 15) is 18.1 Å². The van der Waals surface area contributed by atoms with Gasteiger partial charge >= 0.3 is 0 Å². The summed E-state index contributed by atoms with van der Waals surface area (Å²) in [5, 5.41) is 17.9.